The maximum Gasteiger partial charge on any atom is 0.357 e. The molecule has 1 saturated heterocycles. The van der Waals surface area contributed by atoms with Crippen LogP contribution in [-0.2, 0) is 38.9 Å². The Kier molecular flexibility index (Phi) is 7.70. The molecule has 9 nitrogen and oxygen atoms in total. The van der Waals surface area contributed by atoms with E-state index in [9.17, 15) is 18.0 Å². The Bertz CT molecular complexity index is 1800. The lowest BCUT2D eigenvalue weighted by Crippen LogP contribution is -2.39. The highest BCUT2D eigenvalue weighted by Gasteiger charge is 2.31. The van der Waals surface area contributed by atoms with Crippen LogP contribution in [0.15, 0.2) is 88.2 Å². The maximum absolute atomic E-state index is 13.4. The number of sulfonamides is 1. The van der Waals surface area contributed by atoms with E-state index in [1.807, 2.05) is 48.5 Å². The van der Waals surface area contributed by atoms with Crippen LogP contribution in [-0.4, -0.2) is 52.5 Å². The Labute approximate surface area is 248 Å². The van der Waals surface area contributed by atoms with Crippen molar-refractivity contribution in [3.05, 3.63) is 101 Å². The molecule has 1 aromatic heterocycles. The number of esters is 1. The standard InChI is InChI=1S/C31H28N4O5S2/c1-2-40-30(37)29-26-17-12-22-10-6-7-11-25(22)28(26)32-35(29)23-13-15-24(16-14-23)42(38,39)33-31-34(27(36)18-19-41-31)20-21-8-4-3-5-9-21/h3-11,13-16H,2,12,17-20H2,1H3/b33-31+. The summed E-state index contributed by atoms with van der Waals surface area (Å²) in [6.07, 6.45) is 1.73. The van der Waals surface area contributed by atoms with Crippen LogP contribution < -0.4 is 0 Å². The predicted octanol–water partition coefficient (Wildman–Crippen LogP) is 5.03. The van der Waals surface area contributed by atoms with Crippen LogP contribution in [0.2, 0.25) is 0 Å². The molecular formula is C31H28N4O5S2. The number of carbonyl (C=O) groups is 2. The van der Waals surface area contributed by atoms with Crippen LogP contribution in [0.25, 0.3) is 16.9 Å². The Balaban J connectivity index is 1.34. The van der Waals surface area contributed by atoms with Crippen molar-refractivity contribution in [1.82, 2.24) is 14.7 Å². The first-order chi connectivity index (χ1) is 20.4. The van der Waals surface area contributed by atoms with Crippen molar-refractivity contribution in [2.75, 3.05) is 12.4 Å². The SMILES string of the molecule is CCOC(=O)c1c2c(nn1-c1ccc(S(=O)(=O)/N=C3/SCCC(=O)N3Cc3ccccc3)cc1)-c1ccccc1CC2. The number of thioether (sulfide) groups is 1. The monoisotopic (exact) mass is 600 g/mol. The van der Waals surface area contributed by atoms with Crippen molar-refractivity contribution in [3.63, 3.8) is 0 Å². The summed E-state index contributed by atoms with van der Waals surface area (Å²) >= 11 is 1.25. The van der Waals surface area contributed by atoms with Crippen molar-refractivity contribution in [2.45, 2.75) is 37.6 Å². The minimum atomic E-state index is -4.13. The van der Waals surface area contributed by atoms with Crippen LogP contribution in [0.1, 0.15) is 40.5 Å². The Morgan fingerprint density at radius 3 is 2.48 bits per heavy atom. The highest BCUT2D eigenvalue weighted by atomic mass is 32.2. The topological polar surface area (TPSA) is 111 Å². The smallest absolute Gasteiger partial charge is 0.357 e. The molecule has 214 valence electrons. The highest BCUT2D eigenvalue weighted by Crippen LogP contribution is 2.36. The second-order valence-electron chi connectivity index (χ2n) is 9.87. The number of aryl methyl sites for hydroxylation is 1. The third kappa shape index (κ3) is 5.37. The highest BCUT2D eigenvalue weighted by molar-refractivity contribution is 8.14. The molecule has 0 N–H and O–H groups in total. The number of aromatic nitrogens is 2. The molecule has 1 amide bonds. The summed E-state index contributed by atoms with van der Waals surface area (Å²) < 4.78 is 37.7. The normalized spacial score (nSPS) is 15.8. The van der Waals surface area contributed by atoms with E-state index in [4.69, 9.17) is 9.84 Å². The summed E-state index contributed by atoms with van der Waals surface area (Å²) in [5.41, 5.74) is 5.40. The van der Waals surface area contributed by atoms with Gasteiger partial charge in [0.05, 0.1) is 29.4 Å². The first-order valence-corrected chi connectivity index (χ1v) is 16.1. The van der Waals surface area contributed by atoms with Gasteiger partial charge in [0.15, 0.2) is 10.9 Å². The fraction of sp³-hybridized carbons (Fsp3) is 0.226. The zero-order valence-electron chi connectivity index (χ0n) is 22.9. The van der Waals surface area contributed by atoms with Gasteiger partial charge in [0.1, 0.15) is 0 Å². The largest absolute Gasteiger partial charge is 0.461 e. The van der Waals surface area contributed by atoms with Crippen molar-refractivity contribution in [2.24, 2.45) is 4.40 Å². The number of fused-ring (bicyclic) bond motifs is 3. The van der Waals surface area contributed by atoms with E-state index in [2.05, 4.69) is 10.5 Å². The molecule has 2 aliphatic rings. The summed E-state index contributed by atoms with van der Waals surface area (Å²) in [6, 6.07) is 23.4. The molecule has 0 spiro atoms. The lowest BCUT2D eigenvalue weighted by atomic mass is 9.89. The molecule has 1 aliphatic heterocycles. The summed E-state index contributed by atoms with van der Waals surface area (Å²) in [5.74, 6) is -0.190. The Morgan fingerprint density at radius 1 is 0.976 bits per heavy atom. The number of ether oxygens (including phenoxy) is 1. The molecule has 2 heterocycles. The number of rotatable bonds is 7. The number of nitrogens with zero attached hydrogens (tertiary/aromatic N) is 4. The average molecular weight is 601 g/mol. The first-order valence-electron chi connectivity index (χ1n) is 13.7. The second kappa shape index (κ2) is 11.6. The van der Waals surface area contributed by atoms with Gasteiger partial charge in [-0.25, -0.2) is 9.48 Å². The third-order valence-electron chi connectivity index (χ3n) is 7.21. The summed E-state index contributed by atoms with van der Waals surface area (Å²) in [5, 5.41) is 4.96. The Hall–Kier alpha value is -4.22. The summed E-state index contributed by atoms with van der Waals surface area (Å²) in [6.45, 7) is 2.21. The quantitative estimate of drug-likeness (QED) is 0.274. The van der Waals surface area contributed by atoms with E-state index in [-0.39, 0.29) is 29.1 Å². The molecular weight excluding hydrogens is 572 g/mol. The van der Waals surface area contributed by atoms with Gasteiger partial charge < -0.3 is 4.74 Å². The fourth-order valence-electron chi connectivity index (χ4n) is 5.19. The van der Waals surface area contributed by atoms with Gasteiger partial charge in [0, 0.05) is 23.3 Å². The Morgan fingerprint density at radius 2 is 1.71 bits per heavy atom. The molecule has 6 rings (SSSR count). The van der Waals surface area contributed by atoms with E-state index in [0.29, 0.717) is 30.0 Å². The maximum atomic E-state index is 13.4. The van der Waals surface area contributed by atoms with Gasteiger partial charge >= 0.3 is 5.97 Å². The van der Waals surface area contributed by atoms with Crippen molar-refractivity contribution >= 4 is 38.8 Å². The molecule has 1 aliphatic carbocycles. The van der Waals surface area contributed by atoms with Gasteiger partial charge in [-0.1, -0.05) is 66.4 Å². The van der Waals surface area contributed by atoms with E-state index in [1.165, 1.54) is 33.5 Å². The van der Waals surface area contributed by atoms with Crippen LogP contribution in [0.5, 0.6) is 0 Å². The minimum absolute atomic E-state index is 0.0306. The molecule has 4 aromatic rings. The molecule has 0 bridgehead atoms. The van der Waals surface area contributed by atoms with Gasteiger partial charge in [0.25, 0.3) is 10.0 Å². The van der Waals surface area contributed by atoms with E-state index in [1.54, 1.807) is 19.1 Å². The van der Waals surface area contributed by atoms with Gasteiger partial charge in [-0.2, -0.15) is 13.5 Å². The molecule has 3 aromatic carbocycles. The molecule has 0 unspecified atom stereocenters. The number of carbonyl (C=O) groups excluding carboxylic acids is 2. The fourth-order valence-corrected chi connectivity index (χ4v) is 7.37. The molecule has 0 saturated carbocycles. The lowest BCUT2D eigenvalue weighted by molar-refractivity contribution is -0.127. The average Bonchev–Trinajstić information content (AvgIpc) is 3.40. The molecule has 11 heteroatoms. The summed E-state index contributed by atoms with van der Waals surface area (Å²) in [7, 11) is -4.13. The summed E-state index contributed by atoms with van der Waals surface area (Å²) in [4.78, 5) is 27.2. The van der Waals surface area contributed by atoms with Crippen molar-refractivity contribution in [3.8, 4) is 16.9 Å². The van der Waals surface area contributed by atoms with Gasteiger partial charge in [-0.05, 0) is 55.2 Å². The van der Waals surface area contributed by atoms with E-state index < -0.39 is 16.0 Å². The van der Waals surface area contributed by atoms with Crippen molar-refractivity contribution in [1.29, 1.82) is 0 Å². The van der Waals surface area contributed by atoms with Crippen LogP contribution in [0, 0.1) is 0 Å². The minimum Gasteiger partial charge on any atom is -0.461 e. The predicted molar refractivity (Wildman–Crippen MR) is 161 cm³/mol. The van der Waals surface area contributed by atoms with Gasteiger partial charge in [0.2, 0.25) is 5.91 Å². The molecule has 0 atom stereocenters. The number of benzene rings is 3. The number of amides is 1. The third-order valence-corrected chi connectivity index (χ3v) is 9.58. The van der Waals surface area contributed by atoms with E-state index >= 15 is 0 Å². The van der Waals surface area contributed by atoms with Crippen molar-refractivity contribution < 1.29 is 22.7 Å². The molecule has 1 fully saturated rings. The first kappa shape index (κ1) is 27.9. The van der Waals surface area contributed by atoms with Crippen LogP contribution >= 0.6 is 11.8 Å². The number of hydrogen-bond donors (Lipinski definition) is 0. The van der Waals surface area contributed by atoms with E-state index in [0.717, 1.165) is 34.4 Å². The second-order valence-corrected chi connectivity index (χ2v) is 12.5. The van der Waals surface area contributed by atoms with Gasteiger partial charge in [-0.3, -0.25) is 9.69 Å². The van der Waals surface area contributed by atoms with Crippen LogP contribution in [0.3, 0.4) is 0 Å². The zero-order valence-corrected chi connectivity index (χ0v) is 24.5. The number of amidine groups is 1. The zero-order chi connectivity index (χ0) is 29.3. The molecule has 0 radical (unpaired) electrons. The van der Waals surface area contributed by atoms with Crippen LogP contribution in [0.4, 0.5) is 0 Å². The number of hydrogen-bond acceptors (Lipinski definition) is 7. The lowest BCUT2D eigenvalue weighted by Gasteiger charge is -2.27. The van der Waals surface area contributed by atoms with Gasteiger partial charge in [-0.15, -0.1) is 4.40 Å². The molecule has 42 heavy (non-hydrogen) atoms.